The van der Waals surface area contributed by atoms with Gasteiger partial charge in [-0.05, 0) is 31.0 Å². The largest absolute Gasteiger partial charge is 0.493 e. The fourth-order valence-electron chi connectivity index (χ4n) is 2.14. The molecule has 0 saturated heterocycles. The van der Waals surface area contributed by atoms with Crippen LogP contribution in [0.4, 0.5) is 0 Å². The lowest BCUT2D eigenvalue weighted by Gasteiger charge is -2.15. The number of hydrogen-bond donors (Lipinski definition) is 2. The molecule has 132 valence electrons. The molecule has 1 rings (SSSR count). The number of aliphatic carboxylic acids is 1. The van der Waals surface area contributed by atoms with Crippen molar-refractivity contribution in [3.05, 3.63) is 29.8 Å². The second-order valence-electron chi connectivity index (χ2n) is 5.30. The molecular weight excluding hydrogens is 310 g/mol. The molecule has 0 unspecified atom stereocenters. The fourth-order valence-corrected chi connectivity index (χ4v) is 2.14. The molecule has 24 heavy (non-hydrogen) atoms. The number of benzene rings is 1. The minimum atomic E-state index is -1.04. The SMILES string of the molecule is C/C=C/c1ccc(OCC(=O)N[C@@H](CCCC)C(=O)O)c(OC)c1. The molecule has 0 saturated carbocycles. The van der Waals surface area contributed by atoms with Crippen LogP contribution in [0, 0.1) is 0 Å². The lowest BCUT2D eigenvalue weighted by molar-refractivity contribution is -0.142. The third kappa shape index (κ3) is 6.32. The predicted molar refractivity (Wildman–Crippen MR) is 92.3 cm³/mol. The van der Waals surface area contributed by atoms with E-state index in [0.29, 0.717) is 17.9 Å². The van der Waals surface area contributed by atoms with Gasteiger partial charge in [0.2, 0.25) is 0 Å². The second kappa shape index (κ2) is 10.3. The van der Waals surface area contributed by atoms with Gasteiger partial charge in [-0.1, -0.05) is 38.0 Å². The smallest absolute Gasteiger partial charge is 0.326 e. The van der Waals surface area contributed by atoms with Crippen LogP contribution in [0.5, 0.6) is 11.5 Å². The van der Waals surface area contributed by atoms with Gasteiger partial charge in [0.1, 0.15) is 6.04 Å². The van der Waals surface area contributed by atoms with E-state index < -0.39 is 17.9 Å². The monoisotopic (exact) mass is 335 g/mol. The molecule has 1 atom stereocenters. The van der Waals surface area contributed by atoms with Crippen LogP contribution in [0.15, 0.2) is 24.3 Å². The first-order valence-electron chi connectivity index (χ1n) is 7.97. The van der Waals surface area contributed by atoms with Crippen LogP contribution < -0.4 is 14.8 Å². The first kappa shape index (κ1) is 19.5. The quantitative estimate of drug-likeness (QED) is 0.687. The van der Waals surface area contributed by atoms with Gasteiger partial charge < -0.3 is 19.9 Å². The number of carboxylic acid groups (broad SMARTS) is 1. The van der Waals surface area contributed by atoms with Crippen LogP contribution in [-0.2, 0) is 9.59 Å². The summed E-state index contributed by atoms with van der Waals surface area (Å²) in [6.07, 6.45) is 5.83. The maximum Gasteiger partial charge on any atom is 0.326 e. The van der Waals surface area contributed by atoms with E-state index in [1.807, 2.05) is 32.1 Å². The molecular formula is C18H25NO5. The summed E-state index contributed by atoms with van der Waals surface area (Å²) in [5.74, 6) is -0.566. The highest BCUT2D eigenvalue weighted by Gasteiger charge is 2.19. The Morgan fingerprint density at radius 1 is 1.33 bits per heavy atom. The van der Waals surface area contributed by atoms with Crippen LogP contribution in [-0.4, -0.2) is 36.7 Å². The summed E-state index contributed by atoms with van der Waals surface area (Å²) < 4.78 is 10.7. The van der Waals surface area contributed by atoms with Crippen LogP contribution in [0.3, 0.4) is 0 Å². The summed E-state index contributed by atoms with van der Waals surface area (Å²) in [5.41, 5.74) is 0.955. The molecule has 1 amide bonds. The highest BCUT2D eigenvalue weighted by atomic mass is 16.5. The molecule has 0 heterocycles. The van der Waals surface area contributed by atoms with E-state index >= 15 is 0 Å². The van der Waals surface area contributed by atoms with Crippen LogP contribution in [0.2, 0.25) is 0 Å². The predicted octanol–water partition coefficient (Wildman–Crippen LogP) is 2.87. The van der Waals surface area contributed by atoms with Gasteiger partial charge in [0, 0.05) is 0 Å². The molecule has 0 aromatic heterocycles. The number of carboxylic acids is 1. The lowest BCUT2D eigenvalue weighted by Crippen LogP contribution is -2.42. The Bertz CT molecular complexity index is 583. The molecule has 1 aromatic carbocycles. The number of hydrogen-bond acceptors (Lipinski definition) is 4. The lowest BCUT2D eigenvalue weighted by atomic mass is 10.1. The number of rotatable bonds is 10. The zero-order valence-corrected chi connectivity index (χ0v) is 14.4. The summed E-state index contributed by atoms with van der Waals surface area (Å²) in [7, 11) is 1.52. The number of nitrogens with one attached hydrogen (secondary N) is 1. The van der Waals surface area contributed by atoms with Crippen molar-refractivity contribution in [2.45, 2.75) is 39.2 Å². The van der Waals surface area contributed by atoms with Gasteiger partial charge in [-0.2, -0.15) is 0 Å². The average Bonchev–Trinajstić information content (AvgIpc) is 2.57. The molecule has 2 N–H and O–H groups in total. The summed E-state index contributed by atoms with van der Waals surface area (Å²) in [6.45, 7) is 3.61. The van der Waals surface area contributed by atoms with Gasteiger partial charge in [-0.25, -0.2) is 4.79 Å². The number of ether oxygens (including phenoxy) is 2. The van der Waals surface area contributed by atoms with E-state index in [1.165, 1.54) is 7.11 Å². The Balaban J connectivity index is 2.64. The van der Waals surface area contributed by atoms with Crippen LogP contribution in [0.1, 0.15) is 38.7 Å². The van der Waals surface area contributed by atoms with Gasteiger partial charge in [0.05, 0.1) is 7.11 Å². The molecule has 0 aliphatic carbocycles. The Morgan fingerprint density at radius 3 is 2.67 bits per heavy atom. The van der Waals surface area contributed by atoms with E-state index in [1.54, 1.807) is 12.1 Å². The Morgan fingerprint density at radius 2 is 2.08 bits per heavy atom. The van der Waals surface area contributed by atoms with Gasteiger partial charge in [-0.3, -0.25) is 4.79 Å². The highest BCUT2D eigenvalue weighted by molar-refractivity contribution is 5.84. The number of carbonyl (C=O) groups excluding carboxylic acids is 1. The van der Waals surface area contributed by atoms with Crippen molar-refractivity contribution in [2.75, 3.05) is 13.7 Å². The van der Waals surface area contributed by atoms with Crippen LogP contribution >= 0.6 is 0 Å². The van der Waals surface area contributed by atoms with Gasteiger partial charge in [0.15, 0.2) is 18.1 Å². The molecule has 0 fully saturated rings. The molecule has 0 aliphatic heterocycles. The summed E-state index contributed by atoms with van der Waals surface area (Å²) in [4.78, 5) is 23.0. The Hall–Kier alpha value is -2.50. The normalized spacial score (nSPS) is 12.0. The van der Waals surface area contributed by atoms with Crippen molar-refractivity contribution in [1.82, 2.24) is 5.32 Å². The zero-order chi connectivity index (χ0) is 17.9. The number of allylic oxidation sites excluding steroid dienone is 1. The fraction of sp³-hybridized carbons (Fsp3) is 0.444. The molecule has 1 aromatic rings. The Kier molecular flexibility index (Phi) is 8.39. The van der Waals surface area contributed by atoms with Crippen molar-refractivity contribution >= 4 is 18.0 Å². The minimum absolute atomic E-state index is 0.269. The van der Waals surface area contributed by atoms with Crippen LogP contribution in [0.25, 0.3) is 6.08 Å². The van der Waals surface area contributed by atoms with Crippen molar-refractivity contribution < 1.29 is 24.2 Å². The van der Waals surface area contributed by atoms with Gasteiger partial charge in [0.25, 0.3) is 5.91 Å². The van der Waals surface area contributed by atoms with Crippen molar-refractivity contribution in [2.24, 2.45) is 0 Å². The van der Waals surface area contributed by atoms with Gasteiger partial charge in [-0.15, -0.1) is 0 Å². The summed E-state index contributed by atoms with van der Waals surface area (Å²) in [6, 6.07) is 4.47. The number of unbranched alkanes of at least 4 members (excludes halogenated alkanes) is 1. The maximum absolute atomic E-state index is 11.9. The first-order chi connectivity index (χ1) is 11.5. The molecule has 0 spiro atoms. The second-order valence-corrected chi connectivity index (χ2v) is 5.30. The van der Waals surface area contributed by atoms with Crippen molar-refractivity contribution in [3.63, 3.8) is 0 Å². The van der Waals surface area contributed by atoms with E-state index in [0.717, 1.165) is 18.4 Å². The topological polar surface area (TPSA) is 84.9 Å². The average molecular weight is 335 g/mol. The highest BCUT2D eigenvalue weighted by Crippen LogP contribution is 2.28. The van der Waals surface area contributed by atoms with Gasteiger partial charge >= 0.3 is 5.97 Å². The first-order valence-corrected chi connectivity index (χ1v) is 7.97. The van der Waals surface area contributed by atoms with E-state index in [-0.39, 0.29) is 6.61 Å². The van der Waals surface area contributed by atoms with E-state index in [4.69, 9.17) is 14.6 Å². The van der Waals surface area contributed by atoms with E-state index in [9.17, 15) is 9.59 Å². The van der Waals surface area contributed by atoms with Crippen molar-refractivity contribution in [1.29, 1.82) is 0 Å². The molecule has 0 aliphatic rings. The maximum atomic E-state index is 11.9. The molecule has 0 bridgehead atoms. The summed E-state index contributed by atoms with van der Waals surface area (Å²) >= 11 is 0. The minimum Gasteiger partial charge on any atom is -0.493 e. The number of amides is 1. The van der Waals surface area contributed by atoms with E-state index in [2.05, 4.69) is 5.32 Å². The number of carbonyl (C=O) groups is 2. The third-order valence-electron chi connectivity index (χ3n) is 3.39. The summed E-state index contributed by atoms with van der Waals surface area (Å²) in [5, 5.41) is 11.6. The third-order valence-corrected chi connectivity index (χ3v) is 3.39. The van der Waals surface area contributed by atoms with Crippen molar-refractivity contribution in [3.8, 4) is 11.5 Å². The molecule has 0 radical (unpaired) electrons. The molecule has 6 nitrogen and oxygen atoms in total. The molecule has 6 heteroatoms. The number of methoxy groups -OCH3 is 1. The Labute approximate surface area is 142 Å². The standard InChI is InChI=1S/C18H25NO5/c1-4-6-8-14(18(21)22)19-17(20)12-24-15-10-9-13(7-5-2)11-16(15)23-3/h5,7,9-11,14H,4,6,8,12H2,1-3H3,(H,19,20)(H,21,22)/b7-5+/t14-/m0/s1. The zero-order valence-electron chi connectivity index (χ0n) is 14.4.